The minimum absolute atomic E-state index is 0.0322. The number of halogens is 1. The fourth-order valence-corrected chi connectivity index (χ4v) is 4.69. The highest BCUT2D eigenvalue weighted by molar-refractivity contribution is 8.19. The molecule has 0 saturated carbocycles. The molecule has 1 fully saturated rings. The van der Waals surface area contributed by atoms with Crippen molar-refractivity contribution >= 4 is 52.0 Å². The van der Waals surface area contributed by atoms with Crippen LogP contribution in [0, 0.1) is 30.9 Å². The molecule has 0 N–H and O–H groups in total. The van der Waals surface area contributed by atoms with E-state index >= 15 is 0 Å². The van der Waals surface area contributed by atoms with Crippen molar-refractivity contribution in [3.63, 3.8) is 0 Å². The van der Waals surface area contributed by atoms with Gasteiger partial charge in [-0.05, 0) is 86.1 Å². The number of thioether (sulfide) groups is 1. The van der Waals surface area contributed by atoms with Crippen molar-refractivity contribution in [2.75, 3.05) is 4.90 Å². The number of nitro benzene ring substituents is 1. The summed E-state index contributed by atoms with van der Waals surface area (Å²) in [6.07, 6.45) is 1.71. The molecule has 0 bridgehead atoms. The maximum atomic E-state index is 12.9. The zero-order valence-electron chi connectivity index (χ0n) is 17.5. The van der Waals surface area contributed by atoms with E-state index in [0.717, 1.165) is 44.9 Å². The zero-order valence-corrected chi connectivity index (χ0v) is 19.0. The Labute approximate surface area is 193 Å². The number of hydrogen-bond donors (Lipinski definition) is 0. The number of aromatic nitrogens is 1. The van der Waals surface area contributed by atoms with Gasteiger partial charge in [-0.3, -0.25) is 19.7 Å². The van der Waals surface area contributed by atoms with E-state index in [9.17, 15) is 19.7 Å². The summed E-state index contributed by atoms with van der Waals surface area (Å²) in [5.41, 5.74) is 4.63. The first-order valence-corrected chi connectivity index (χ1v) is 10.8. The SMILES string of the molecule is Cc1cc([N+](=O)[O-])ccc1-n1c(C)cc(/C=C2\SC(=O)N(c3ccc(Cl)cc3)C2=O)c1C. The van der Waals surface area contributed by atoms with Crippen molar-refractivity contribution in [1.82, 2.24) is 4.57 Å². The number of imide groups is 1. The molecule has 0 spiro atoms. The van der Waals surface area contributed by atoms with Crippen LogP contribution in [0.15, 0.2) is 53.4 Å². The normalized spacial score (nSPS) is 15.1. The Balaban J connectivity index is 1.70. The van der Waals surface area contributed by atoms with Gasteiger partial charge < -0.3 is 4.57 Å². The molecule has 2 heterocycles. The molecule has 0 unspecified atom stereocenters. The van der Waals surface area contributed by atoms with Crippen LogP contribution in [-0.2, 0) is 4.79 Å². The lowest BCUT2D eigenvalue weighted by atomic mass is 10.1. The van der Waals surface area contributed by atoms with E-state index in [0.29, 0.717) is 15.6 Å². The van der Waals surface area contributed by atoms with Gasteiger partial charge in [0.25, 0.3) is 16.8 Å². The summed E-state index contributed by atoms with van der Waals surface area (Å²) in [6, 6.07) is 13.2. The third kappa shape index (κ3) is 3.83. The van der Waals surface area contributed by atoms with Crippen LogP contribution < -0.4 is 4.90 Å². The molecule has 162 valence electrons. The van der Waals surface area contributed by atoms with Crippen molar-refractivity contribution in [1.29, 1.82) is 0 Å². The molecular weight excluding hydrogens is 450 g/mol. The Morgan fingerprint density at radius 1 is 1.03 bits per heavy atom. The van der Waals surface area contributed by atoms with Crippen molar-refractivity contribution < 1.29 is 14.5 Å². The average molecular weight is 468 g/mol. The first-order chi connectivity index (χ1) is 15.2. The first kappa shape index (κ1) is 21.9. The number of hydrogen-bond acceptors (Lipinski definition) is 5. The Kier molecular flexibility index (Phi) is 5.66. The first-order valence-electron chi connectivity index (χ1n) is 9.65. The van der Waals surface area contributed by atoms with E-state index in [1.54, 1.807) is 36.4 Å². The molecular formula is C23H18ClN3O4S. The van der Waals surface area contributed by atoms with Crippen LogP contribution in [0.1, 0.15) is 22.5 Å². The van der Waals surface area contributed by atoms with Crippen LogP contribution in [0.5, 0.6) is 0 Å². The molecule has 0 atom stereocenters. The highest BCUT2D eigenvalue weighted by Gasteiger charge is 2.36. The second kappa shape index (κ2) is 8.29. The van der Waals surface area contributed by atoms with Crippen molar-refractivity contribution in [3.05, 3.63) is 91.1 Å². The molecule has 0 radical (unpaired) electrons. The molecule has 32 heavy (non-hydrogen) atoms. The van der Waals surface area contributed by atoms with Crippen LogP contribution in [-0.4, -0.2) is 20.6 Å². The second-order valence-electron chi connectivity index (χ2n) is 7.38. The second-order valence-corrected chi connectivity index (χ2v) is 8.81. The van der Waals surface area contributed by atoms with Gasteiger partial charge in [0.2, 0.25) is 0 Å². The van der Waals surface area contributed by atoms with Gasteiger partial charge in [0, 0.05) is 34.2 Å². The summed E-state index contributed by atoms with van der Waals surface area (Å²) in [5, 5.41) is 11.2. The third-order valence-electron chi connectivity index (χ3n) is 5.27. The van der Waals surface area contributed by atoms with Gasteiger partial charge in [-0.15, -0.1) is 0 Å². The Morgan fingerprint density at radius 2 is 1.72 bits per heavy atom. The molecule has 1 saturated heterocycles. The number of anilines is 1. The number of carbonyl (C=O) groups is 2. The van der Waals surface area contributed by atoms with Gasteiger partial charge in [-0.25, -0.2) is 4.90 Å². The Hall–Kier alpha value is -3.36. The highest BCUT2D eigenvalue weighted by atomic mass is 35.5. The maximum absolute atomic E-state index is 12.9. The van der Waals surface area contributed by atoms with E-state index in [2.05, 4.69) is 0 Å². The van der Waals surface area contributed by atoms with Crippen LogP contribution in [0.3, 0.4) is 0 Å². The van der Waals surface area contributed by atoms with Gasteiger partial charge in [0.1, 0.15) is 0 Å². The van der Waals surface area contributed by atoms with Crippen LogP contribution in [0.25, 0.3) is 11.8 Å². The molecule has 2 aromatic carbocycles. The van der Waals surface area contributed by atoms with Gasteiger partial charge in [0.15, 0.2) is 0 Å². The molecule has 1 aliphatic rings. The van der Waals surface area contributed by atoms with E-state index in [1.165, 1.54) is 12.1 Å². The van der Waals surface area contributed by atoms with Crippen molar-refractivity contribution in [2.45, 2.75) is 20.8 Å². The predicted octanol–water partition coefficient (Wildman–Crippen LogP) is 6.21. The number of benzene rings is 2. The summed E-state index contributed by atoms with van der Waals surface area (Å²) in [7, 11) is 0. The number of carbonyl (C=O) groups excluding carboxylic acids is 2. The topological polar surface area (TPSA) is 85.4 Å². The van der Waals surface area contributed by atoms with Crippen LogP contribution in [0.4, 0.5) is 16.2 Å². The van der Waals surface area contributed by atoms with Gasteiger partial charge in [-0.1, -0.05) is 11.6 Å². The minimum atomic E-state index is -0.422. The summed E-state index contributed by atoms with van der Waals surface area (Å²) >= 11 is 6.79. The fraction of sp³-hybridized carbons (Fsp3) is 0.130. The molecule has 2 amide bonds. The number of nitro groups is 1. The minimum Gasteiger partial charge on any atom is -0.318 e. The average Bonchev–Trinajstić information content (AvgIpc) is 3.17. The lowest BCUT2D eigenvalue weighted by Gasteiger charge is -2.13. The van der Waals surface area contributed by atoms with Crippen molar-refractivity contribution in [3.8, 4) is 5.69 Å². The van der Waals surface area contributed by atoms with E-state index in [4.69, 9.17) is 11.6 Å². The lowest BCUT2D eigenvalue weighted by molar-refractivity contribution is -0.384. The monoisotopic (exact) mass is 467 g/mol. The third-order valence-corrected chi connectivity index (χ3v) is 6.39. The molecule has 7 nitrogen and oxygen atoms in total. The number of rotatable bonds is 4. The largest absolute Gasteiger partial charge is 0.318 e. The van der Waals surface area contributed by atoms with E-state index < -0.39 is 10.8 Å². The predicted molar refractivity (Wildman–Crippen MR) is 127 cm³/mol. The highest BCUT2D eigenvalue weighted by Crippen LogP contribution is 2.37. The Morgan fingerprint density at radius 3 is 2.34 bits per heavy atom. The summed E-state index contributed by atoms with van der Waals surface area (Å²) in [5.74, 6) is -0.390. The molecule has 4 rings (SSSR count). The fourth-order valence-electron chi connectivity index (χ4n) is 3.73. The molecule has 9 heteroatoms. The molecule has 0 aliphatic carbocycles. The summed E-state index contributed by atoms with van der Waals surface area (Å²) < 4.78 is 1.98. The van der Waals surface area contributed by atoms with Crippen molar-refractivity contribution in [2.24, 2.45) is 0 Å². The molecule has 3 aromatic rings. The molecule has 1 aromatic heterocycles. The zero-order chi connectivity index (χ0) is 23.2. The maximum Gasteiger partial charge on any atom is 0.298 e. The Bertz CT molecular complexity index is 1310. The number of aryl methyl sites for hydroxylation is 2. The summed E-state index contributed by atoms with van der Waals surface area (Å²) in [4.78, 5) is 37.5. The lowest BCUT2D eigenvalue weighted by Crippen LogP contribution is -2.27. The number of amides is 2. The smallest absolute Gasteiger partial charge is 0.298 e. The quantitative estimate of drug-likeness (QED) is 0.259. The van der Waals surface area contributed by atoms with E-state index in [-0.39, 0.29) is 10.9 Å². The summed E-state index contributed by atoms with van der Waals surface area (Å²) in [6.45, 7) is 5.64. The van der Waals surface area contributed by atoms with Gasteiger partial charge >= 0.3 is 0 Å². The standard InChI is InChI=1S/C23H18ClN3O4S/c1-13-10-19(27(30)31)8-9-20(13)25-14(2)11-16(15(25)3)12-21-22(28)26(23(29)32-21)18-6-4-17(24)5-7-18/h4-12H,1-3H3/b21-12-. The number of non-ortho nitro benzene ring substituents is 1. The number of nitrogens with zero attached hydrogens (tertiary/aromatic N) is 3. The van der Waals surface area contributed by atoms with Gasteiger partial charge in [0.05, 0.1) is 15.5 Å². The van der Waals surface area contributed by atoms with Crippen LogP contribution in [0.2, 0.25) is 5.02 Å². The van der Waals surface area contributed by atoms with Gasteiger partial charge in [-0.2, -0.15) is 0 Å². The van der Waals surface area contributed by atoms with Crippen LogP contribution >= 0.6 is 23.4 Å². The van der Waals surface area contributed by atoms with E-state index in [1.807, 2.05) is 31.4 Å². The molecule has 1 aliphatic heterocycles.